The van der Waals surface area contributed by atoms with E-state index in [4.69, 9.17) is 4.74 Å². The Bertz CT molecular complexity index is 397. The van der Waals surface area contributed by atoms with Crippen molar-refractivity contribution in [2.24, 2.45) is 0 Å². The predicted molar refractivity (Wildman–Crippen MR) is 72.1 cm³/mol. The topological polar surface area (TPSA) is 21.3 Å². The van der Waals surface area contributed by atoms with Gasteiger partial charge in [-0.25, -0.2) is 0 Å². The van der Waals surface area contributed by atoms with E-state index in [9.17, 15) is 13.2 Å². The minimum Gasteiger partial charge on any atom is -0.494 e. The molecule has 0 bridgehead atoms. The van der Waals surface area contributed by atoms with Crippen molar-refractivity contribution >= 4 is 0 Å². The molecule has 2 rings (SSSR count). The molecular formula is C15H20F3NO. The van der Waals surface area contributed by atoms with Crippen LogP contribution in [0.4, 0.5) is 13.2 Å². The van der Waals surface area contributed by atoms with Gasteiger partial charge in [0.1, 0.15) is 5.75 Å². The maximum atomic E-state index is 12.0. The minimum absolute atomic E-state index is 0.000451. The molecule has 0 spiro atoms. The average Bonchev–Trinajstić information content (AvgIpc) is 2.44. The van der Waals surface area contributed by atoms with Crippen molar-refractivity contribution in [2.45, 2.75) is 37.8 Å². The van der Waals surface area contributed by atoms with Gasteiger partial charge in [-0.05, 0) is 56.0 Å². The molecule has 1 aliphatic heterocycles. The van der Waals surface area contributed by atoms with E-state index in [1.807, 2.05) is 24.3 Å². The van der Waals surface area contributed by atoms with E-state index in [-0.39, 0.29) is 13.0 Å². The van der Waals surface area contributed by atoms with Crippen LogP contribution in [0.2, 0.25) is 0 Å². The van der Waals surface area contributed by atoms with Crippen molar-refractivity contribution in [3.05, 3.63) is 29.8 Å². The van der Waals surface area contributed by atoms with Gasteiger partial charge in [-0.15, -0.1) is 0 Å². The summed E-state index contributed by atoms with van der Waals surface area (Å²) in [5, 5.41) is 3.33. The first-order valence-electron chi connectivity index (χ1n) is 7.05. The molecule has 20 heavy (non-hydrogen) atoms. The molecule has 5 heteroatoms. The molecule has 0 radical (unpaired) electrons. The van der Waals surface area contributed by atoms with Crippen LogP contribution in [-0.4, -0.2) is 25.9 Å². The number of alkyl halides is 3. The lowest BCUT2D eigenvalue weighted by atomic mass is 9.90. The Hall–Kier alpha value is -1.23. The Morgan fingerprint density at radius 2 is 1.75 bits per heavy atom. The van der Waals surface area contributed by atoms with Crippen molar-refractivity contribution in [3.8, 4) is 5.75 Å². The SMILES string of the molecule is FC(F)(F)CCCOc1ccc(C2CCNCC2)cc1. The van der Waals surface area contributed by atoms with Gasteiger partial charge < -0.3 is 10.1 Å². The first kappa shape index (κ1) is 15.2. The molecule has 1 aromatic rings. The fourth-order valence-corrected chi connectivity index (χ4v) is 2.45. The van der Waals surface area contributed by atoms with Crippen molar-refractivity contribution in [2.75, 3.05) is 19.7 Å². The molecule has 1 heterocycles. The molecule has 112 valence electrons. The zero-order valence-corrected chi connectivity index (χ0v) is 11.4. The smallest absolute Gasteiger partial charge is 0.389 e. The molecule has 0 atom stereocenters. The Kier molecular flexibility index (Phi) is 5.29. The minimum atomic E-state index is -4.10. The van der Waals surface area contributed by atoms with E-state index in [0.717, 1.165) is 25.9 Å². The van der Waals surface area contributed by atoms with Crippen molar-refractivity contribution in [1.29, 1.82) is 0 Å². The monoisotopic (exact) mass is 287 g/mol. The van der Waals surface area contributed by atoms with E-state index >= 15 is 0 Å². The van der Waals surface area contributed by atoms with Crippen LogP contribution in [0.3, 0.4) is 0 Å². The zero-order chi connectivity index (χ0) is 14.4. The van der Waals surface area contributed by atoms with Crippen molar-refractivity contribution in [1.82, 2.24) is 5.32 Å². The van der Waals surface area contributed by atoms with E-state index in [1.54, 1.807) is 0 Å². The average molecular weight is 287 g/mol. The molecule has 0 aromatic heterocycles. The molecule has 0 saturated carbocycles. The lowest BCUT2D eigenvalue weighted by molar-refractivity contribution is -0.136. The lowest BCUT2D eigenvalue weighted by Gasteiger charge is -2.23. The third kappa shape index (κ3) is 5.04. The molecule has 1 fully saturated rings. The van der Waals surface area contributed by atoms with Gasteiger partial charge in [-0.3, -0.25) is 0 Å². The predicted octanol–water partition coefficient (Wildman–Crippen LogP) is 3.87. The fraction of sp³-hybridized carbons (Fsp3) is 0.600. The summed E-state index contributed by atoms with van der Waals surface area (Å²) in [6.45, 7) is 2.19. The van der Waals surface area contributed by atoms with Gasteiger partial charge in [0.05, 0.1) is 6.61 Å². The van der Waals surface area contributed by atoms with Crippen molar-refractivity contribution < 1.29 is 17.9 Å². The number of nitrogens with one attached hydrogen (secondary N) is 1. The molecule has 2 nitrogen and oxygen atoms in total. The first-order valence-corrected chi connectivity index (χ1v) is 7.05. The van der Waals surface area contributed by atoms with Crippen LogP contribution in [0.15, 0.2) is 24.3 Å². The van der Waals surface area contributed by atoms with Gasteiger partial charge in [0.15, 0.2) is 0 Å². The quantitative estimate of drug-likeness (QED) is 0.830. The second-order valence-electron chi connectivity index (χ2n) is 5.16. The Morgan fingerprint density at radius 3 is 2.35 bits per heavy atom. The van der Waals surface area contributed by atoms with Gasteiger partial charge in [-0.2, -0.15) is 13.2 Å². The summed E-state index contributed by atoms with van der Waals surface area (Å²) in [6.07, 6.45) is -2.63. The highest BCUT2D eigenvalue weighted by atomic mass is 19.4. The summed E-state index contributed by atoms with van der Waals surface area (Å²) >= 11 is 0. The lowest BCUT2D eigenvalue weighted by Crippen LogP contribution is -2.26. The number of halogens is 3. The number of benzene rings is 1. The van der Waals surface area contributed by atoms with E-state index in [1.165, 1.54) is 5.56 Å². The molecule has 0 amide bonds. The maximum Gasteiger partial charge on any atom is 0.389 e. The molecular weight excluding hydrogens is 267 g/mol. The van der Waals surface area contributed by atoms with E-state index in [0.29, 0.717) is 11.7 Å². The highest BCUT2D eigenvalue weighted by Gasteiger charge is 2.26. The number of rotatable bonds is 5. The second-order valence-corrected chi connectivity index (χ2v) is 5.16. The molecule has 1 saturated heterocycles. The molecule has 1 N–H and O–H groups in total. The normalized spacial score (nSPS) is 17.1. The highest BCUT2D eigenvalue weighted by Crippen LogP contribution is 2.27. The molecule has 1 aromatic carbocycles. The van der Waals surface area contributed by atoms with Gasteiger partial charge in [0.25, 0.3) is 0 Å². The van der Waals surface area contributed by atoms with Crippen LogP contribution in [0.25, 0.3) is 0 Å². The Labute approximate surface area is 117 Å². The first-order chi connectivity index (χ1) is 9.54. The number of ether oxygens (including phenoxy) is 1. The molecule has 0 aliphatic carbocycles. The van der Waals surface area contributed by atoms with Gasteiger partial charge in [-0.1, -0.05) is 12.1 Å². The summed E-state index contributed by atoms with van der Waals surface area (Å²) in [6, 6.07) is 7.75. The second kappa shape index (κ2) is 6.97. The van der Waals surface area contributed by atoms with Crippen LogP contribution < -0.4 is 10.1 Å². The summed E-state index contributed by atoms with van der Waals surface area (Å²) in [7, 11) is 0. The van der Waals surface area contributed by atoms with Gasteiger partial charge >= 0.3 is 6.18 Å². The molecule has 0 unspecified atom stereocenters. The van der Waals surface area contributed by atoms with E-state index < -0.39 is 12.6 Å². The van der Waals surface area contributed by atoms with Crippen molar-refractivity contribution in [3.63, 3.8) is 0 Å². The van der Waals surface area contributed by atoms with Crippen LogP contribution in [0, 0.1) is 0 Å². The van der Waals surface area contributed by atoms with Crippen LogP contribution >= 0.6 is 0 Å². The number of piperidine rings is 1. The highest BCUT2D eigenvalue weighted by molar-refractivity contribution is 5.29. The van der Waals surface area contributed by atoms with Crippen LogP contribution in [0.1, 0.15) is 37.2 Å². The summed E-state index contributed by atoms with van der Waals surface area (Å²) in [4.78, 5) is 0. The Balaban J connectivity index is 1.76. The third-order valence-corrected chi connectivity index (χ3v) is 3.56. The molecule has 1 aliphatic rings. The largest absolute Gasteiger partial charge is 0.494 e. The summed E-state index contributed by atoms with van der Waals surface area (Å²) in [5.74, 6) is 1.22. The number of hydrogen-bond donors (Lipinski definition) is 1. The van der Waals surface area contributed by atoms with E-state index in [2.05, 4.69) is 5.32 Å². The number of hydrogen-bond acceptors (Lipinski definition) is 2. The third-order valence-electron chi connectivity index (χ3n) is 3.56. The summed E-state index contributed by atoms with van der Waals surface area (Å²) in [5.41, 5.74) is 1.29. The maximum absolute atomic E-state index is 12.0. The summed E-state index contributed by atoms with van der Waals surface area (Å²) < 4.78 is 41.3. The van der Waals surface area contributed by atoms with Gasteiger partial charge in [0, 0.05) is 6.42 Å². The van der Waals surface area contributed by atoms with Crippen LogP contribution in [-0.2, 0) is 0 Å². The fourth-order valence-electron chi connectivity index (χ4n) is 2.45. The van der Waals surface area contributed by atoms with Gasteiger partial charge in [0.2, 0.25) is 0 Å². The standard InChI is InChI=1S/C15H20F3NO/c16-15(17,18)8-1-11-20-14-4-2-12(3-5-14)13-6-9-19-10-7-13/h2-5,13,19H,1,6-11H2. The zero-order valence-electron chi connectivity index (χ0n) is 11.4. The Morgan fingerprint density at radius 1 is 1.10 bits per heavy atom. The van der Waals surface area contributed by atoms with Crippen LogP contribution in [0.5, 0.6) is 5.75 Å².